The molecule has 3 aliphatic rings. The molecule has 0 saturated heterocycles. The van der Waals surface area contributed by atoms with Crippen LogP contribution in [0.15, 0.2) is 0 Å². The molecule has 0 N–H and O–H groups in total. The average molecular weight is 729 g/mol. The van der Waals surface area contributed by atoms with Gasteiger partial charge in [0.25, 0.3) is 0 Å². The van der Waals surface area contributed by atoms with Crippen LogP contribution in [0.1, 0.15) is 51.4 Å². The predicted molar refractivity (Wildman–Crippen MR) is 55.2 cm³/mol. The average Bonchev–Trinajstić information content (AvgIpc) is 2.56. The van der Waals surface area contributed by atoms with Gasteiger partial charge in [0.05, 0.1) is 0 Å². The molecule has 0 aromatic heterocycles. The van der Waals surface area contributed by atoms with Crippen LogP contribution in [-0.2, 0) is 63.2 Å². The van der Waals surface area contributed by atoms with Gasteiger partial charge in [0, 0.05) is 63.2 Å². The number of hydrogen-bond donors (Lipinski definition) is 0. The quantitative estimate of drug-likeness (QED) is 0.334. The van der Waals surface area contributed by atoms with Crippen molar-refractivity contribution in [3.05, 3.63) is 6.42 Å². The van der Waals surface area contributed by atoms with E-state index in [1.54, 1.807) is 12.8 Å². The van der Waals surface area contributed by atoms with E-state index >= 15 is 0 Å². The van der Waals surface area contributed by atoms with E-state index in [2.05, 4.69) is 6.42 Å². The number of hydrogen-bond acceptors (Lipinski definition) is 0. The van der Waals surface area contributed by atoms with Crippen LogP contribution in [-0.4, -0.2) is 0 Å². The molecule has 0 spiro atoms. The summed E-state index contributed by atoms with van der Waals surface area (Å²) in [5.74, 6) is 4.33. The minimum Gasteiger partial charge on any atom is -0.322 e. The molecule has 3 fully saturated rings. The fourth-order valence-electron chi connectivity index (χ4n) is 4.24. The smallest absolute Gasteiger partial charge is 0 e. The molecule has 0 radical (unpaired) electrons. The summed E-state index contributed by atoms with van der Waals surface area (Å²) in [7, 11) is 0. The van der Waals surface area contributed by atoms with Crippen LogP contribution < -0.4 is 0 Å². The van der Waals surface area contributed by atoms with E-state index in [0.717, 1.165) is 23.7 Å². The third-order valence-electron chi connectivity index (χ3n) is 4.79. The van der Waals surface area contributed by atoms with Crippen LogP contribution in [0.3, 0.4) is 0 Å². The molecule has 0 amide bonds. The Labute approximate surface area is 143 Å². The first-order valence-electron chi connectivity index (χ1n) is 6.30. The maximum Gasteiger partial charge on any atom is 0 e. The molecular weight excluding hydrogens is 708 g/mol. The molecule has 3 aliphatic carbocycles. The van der Waals surface area contributed by atoms with Gasteiger partial charge < -0.3 is 6.42 Å². The van der Waals surface area contributed by atoms with Gasteiger partial charge in [-0.25, -0.2) is 0 Å². The minimum absolute atomic E-state index is 0. The van der Waals surface area contributed by atoms with Gasteiger partial charge >= 0.3 is 0 Å². The summed E-state index contributed by atoms with van der Waals surface area (Å²) in [6, 6.07) is 0. The molecule has 0 aromatic carbocycles. The van der Waals surface area contributed by atoms with E-state index < -0.39 is 0 Å². The zero-order valence-corrected chi connectivity index (χ0v) is 18.6. The van der Waals surface area contributed by atoms with Gasteiger partial charge in [-0.1, -0.05) is 63.2 Å². The second-order valence-electron chi connectivity index (χ2n) is 5.42. The molecule has 0 heterocycles. The van der Waals surface area contributed by atoms with E-state index in [9.17, 15) is 0 Å². The molecule has 92 valence electrons. The SMILES string of the molecule is [CH-]1C2CCCCC2C2CCCCC12.[W].[W].[W]. The van der Waals surface area contributed by atoms with Crippen molar-refractivity contribution in [1.82, 2.24) is 0 Å². The second-order valence-corrected chi connectivity index (χ2v) is 5.42. The van der Waals surface area contributed by atoms with Gasteiger partial charge in [-0.05, 0) is 0 Å². The van der Waals surface area contributed by atoms with Crippen molar-refractivity contribution in [2.75, 3.05) is 0 Å². The molecule has 0 nitrogen and oxygen atoms in total. The van der Waals surface area contributed by atoms with Crippen LogP contribution in [0.4, 0.5) is 0 Å². The molecule has 0 aromatic rings. The van der Waals surface area contributed by atoms with Crippen LogP contribution in [0.25, 0.3) is 0 Å². The summed E-state index contributed by atoms with van der Waals surface area (Å²) in [6.07, 6.45) is 15.0. The van der Waals surface area contributed by atoms with E-state index in [1.165, 1.54) is 38.5 Å². The second kappa shape index (κ2) is 8.28. The summed E-state index contributed by atoms with van der Waals surface area (Å²) in [5.41, 5.74) is 0. The molecular formula is C13H21W3-. The van der Waals surface area contributed by atoms with E-state index in [4.69, 9.17) is 0 Å². The first-order chi connectivity index (χ1) is 6.45. The van der Waals surface area contributed by atoms with Crippen LogP contribution in [0.5, 0.6) is 0 Å². The van der Waals surface area contributed by atoms with E-state index in [1.807, 2.05) is 0 Å². The van der Waals surface area contributed by atoms with E-state index in [0.29, 0.717) is 0 Å². The minimum atomic E-state index is 0. The third kappa shape index (κ3) is 3.55. The number of rotatable bonds is 0. The van der Waals surface area contributed by atoms with E-state index in [-0.39, 0.29) is 63.2 Å². The molecule has 0 bridgehead atoms. The standard InChI is InChI=1S/C13H21.3W/c1-3-7-12-10(5-1)9-11-6-2-4-8-13(11)12;;;/h9-13H,1-8H2;;;/q-1;;;. The predicted octanol–water partition coefficient (Wildman–Crippen LogP) is 3.81. The van der Waals surface area contributed by atoms with Crippen molar-refractivity contribution in [2.24, 2.45) is 23.7 Å². The number of fused-ring (bicyclic) bond motifs is 3. The summed E-state index contributed by atoms with van der Waals surface area (Å²) >= 11 is 0. The summed E-state index contributed by atoms with van der Waals surface area (Å²) in [6.45, 7) is 0. The van der Waals surface area contributed by atoms with Crippen molar-refractivity contribution in [1.29, 1.82) is 0 Å². The molecule has 0 aliphatic heterocycles. The van der Waals surface area contributed by atoms with Crippen molar-refractivity contribution in [3.63, 3.8) is 0 Å². The topological polar surface area (TPSA) is 0 Å². The van der Waals surface area contributed by atoms with Gasteiger partial charge in [0.15, 0.2) is 0 Å². The van der Waals surface area contributed by atoms with Gasteiger partial charge in [0.1, 0.15) is 0 Å². The maximum absolute atomic E-state index is 2.76. The fourth-order valence-corrected chi connectivity index (χ4v) is 4.24. The molecule has 3 rings (SSSR count). The van der Waals surface area contributed by atoms with Crippen molar-refractivity contribution >= 4 is 0 Å². The Morgan fingerprint density at radius 3 is 1.38 bits per heavy atom. The summed E-state index contributed by atoms with van der Waals surface area (Å²) < 4.78 is 0. The molecule has 4 unspecified atom stereocenters. The molecule has 16 heavy (non-hydrogen) atoms. The van der Waals surface area contributed by atoms with Crippen LogP contribution in [0.2, 0.25) is 0 Å². The zero-order valence-electron chi connectivity index (χ0n) is 9.77. The molecule has 3 saturated carbocycles. The monoisotopic (exact) mass is 729 g/mol. The largest absolute Gasteiger partial charge is 0.322 e. The van der Waals surface area contributed by atoms with Gasteiger partial charge in [0.2, 0.25) is 0 Å². The normalized spacial score (nSPS) is 40.5. The van der Waals surface area contributed by atoms with Crippen LogP contribution in [0, 0.1) is 30.1 Å². The summed E-state index contributed by atoms with van der Waals surface area (Å²) in [5, 5.41) is 0. The van der Waals surface area contributed by atoms with Gasteiger partial charge in [-0.3, -0.25) is 0 Å². The zero-order chi connectivity index (χ0) is 8.67. The Balaban J connectivity index is 0.000000750. The van der Waals surface area contributed by atoms with Crippen molar-refractivity contribution < 1.29 is 63.2 Å². The third-order valence-corrected chi connectivity index (χ3v) is 4.79. The summed E-state index contributed by atoms with van der Waals surface area (Å²) in [4.78, 5) is 0. The first kappa shape index (κ1) is 18.1. The van der Waals surface area contributed by atoms with Gasteiger partial charge in [-0.15, -0.1) is 0 Å². The molecule has 4 atom stereocenters. The Bertz CT molecular complexity index is 176. The molecule has 3 heteroatoms. The maximum atomic E-state index is 2.76. The Morgan fingerprint density at radius 1 is 0.562 bits per heavy atom. The fraction of sp³-hybridized carbons (Fsp3) is 0.923. The van der Waals surface area contributed by atoms with Crippen molar-refractivity contribution in [3.8, 4) is 0 Å². The Hall–Kier alpha value is 2.06. The van der Waals surface area contributed by atoms with Gasteiger partial charge in [-0.2, -0.15) is 11.8 Å². The first-order valence-corrected chi connectivity index (χ1v) is 6.30. The van der Waals surface area contributed by atoms with Crippen LogP contribution >= 0.6 is 0 Å². The Kier molecular flexibility index (Phi) is 9.35. The Morgan fingerprint density at radius 2 is 0.938 bits per heavy atom. The van der Waals surface area contributed by atoms with Crippen molar-refractivity contribution in [2.45, 2.75) is 51.4 Å².